The number of benzene rings is 3. The van der Waals surface area contributed by atoms with Gasteiger partial charge in [-0.05, 0) is 47.0 Å². The van der Waals surface area contributed by atoms with Crippen LogP contribution in [0.4, 0.5) is 0 Å². The normalized spacial score (nSPS) is 11.3. The average Bonchev–Trinajstić information content (AvgIpc) is 2.69. The highest BCUT2D eigenvalue weighted by molar-refractivity contribution is 6.30. The second-order valence-electron chi connectivity index (χ2n) is 5.88. The topological polar surface area (TPSA) is 34.9 Å². The van der Waals surface area contributed by atoms with Crippen LogP contribution < -0.4 is 5.56 Å². The van der Waals surface area contributed by atoms with E-state index in [9.17, 15) is 4.79 Å². The van der Waals surface area contributed by atoms with Crippen molar-refractivity contribution >= 4 is 34.8 Å². The quantitative estimate of drug-likeness (QED) is 0.495. The Morgan fingerprint density at radius 2 is 1.62 bits per heavy atom. The molecule has 0 radical (unpaired) electrons. The summed E-state index contributed by atoms with van der Waals surface area (Å²) in [5.74, 6) is 0. The molecule has 0 amide bonds. The molecule has 1 heterocycles. The van der Waals surface area contributed by atoms with Crippen molar-refractivity contribution in [2.24, 2.45) is 0 Å². The van der Waals surface area contributed by atoms with Gasteiger partial charge < -0.3 is 0 Å². The highest BCUT2D eigenvalue weighted by Gasteiger charge is 2.04. The second kappa shape index (κ2) is 6.98. The summed E-state index contributed by atoms with van der Waals surface area (Å²) in [6, 6.07) is 23.1. The molecule has 3 nitrogen and oxygen atoms in total. The summed E-state index contributed by atoms with van der Waals surface area (Å²) in [5, 5.41) is 1.31. The molecule has 0 aliphatic rings. The van der Waals surface area contributed by atoms with Crippen LogP contribution >= 0.6 is 11.6 Å². The van der Waals surface area contributed by atoms with Crippen molar-refractivity contribution in [3.05, 3.63) is 100 Å². The Morgan fingerprint density at radius 1 is 0.885 bits per heavy atom. The first kappa shape index (κ1) is 16.3. The minimum absolute atomic E-state index is 0.0872. The number of hydrogen-bond donors (Lipinski definition) is 0. The molecule has 0 fully saturated rings. The molecule has 0 aliphatic carbocycles. The van der Waals surface area contributed by atoms with Crippen molar-refractivity contribution in [3.8, 4) is 11.1 Å². The Balaban J connectivity index is 1.75. The number of fused-ring (bicyclic) bond motifs is 1. The Kier molecular flexibility index (Phi) is 4.38. The highest BCUT2D eigenvalue weighted by Crippen LogP contribution is 2.26. The van der Waals surface area contributed by atoms with Crippen LogP contribution in [0.2, 0.25) is 5.02 Å². The number of para-hydroxylation sites is 1. The first-order valence-electron chi connectivity index (χ1n) is 8.21. The van der Waals surface area contributed by atoms with Gasteiger partial charge in [0.1, 0.15) is 6.33 Å². The first-order chi connectivity index (χ1) is 12.7. The van der Waals surface area contributed by atoms with Gasteiger partial charge in [-0.15, -0.1) is 0 Å². The van der Waals surface area contributed by atoms with Gasteiger partial charge in [0.15, 0.2) is 0 Å². The van der Waals surface area contributed by atoms with Gasteiger partial charge in [0, 0.05) is 11.2 Å². The van der Waals surface area contributed by atoms with Gasteiger partial charge in [-0.25, -0.2) is 4.98 Å². The van der Waals surface area contributed by atoms with E-state index in [0.717, 1.165) is 16.7 Å². The number of hydrogen-bond acceptors (Lipinski definition) is 2. The molecule has 4 heteroatoms. The molecule has 4 aromatic rings. The predicted octanol–water partition coefficient (Wildman–Crippen LogP) is 5.34. The van der Waals surface area contributed by atoms with Crippen molar-refractivity contribution in [1.82, 2.24) is 9.55 Å². The summed E-state index contributed by atoms with van der Waals surface area (Å²) < 4.78 is 1.50. The van der Waals surface area contributed by atoms with E-state index >= 15 is 0 Å². The summed E-state index contributed by atoms with van der Waals surface area (Å²) in [5.41, 5.74) is 3.76. The molecule has 0 saturated carbocycles. The largest absolute Gasteiger partial charge is 0.274 e. The van der Waals surface area contributed by atoms with Crippen molar-refractivity contribution < 1.29 is 0 Å². The lowest BCUT2D eigenvalue weighted by molar-refractivity contribution is 1.03. The third kappa shape index (κ3) is 3.17. The summed E-state index contributed by atoms with van der Waals surface area (Å²) in [4.78, 5) is 16.9. The van der Waals surface area contributed by atoms with E-state index in [1.54, 1.807) is 18.6 Å². The summed E-state index contributed by atoms with van der Waals surface area (Å²) in [6.07, 6.45) is 5.21. The molecule has 0 saturated heterocycles. The van der Waals surface area contributed by atoms with Crippen LogP contribution in [0.5, 0.6) is 0 Å². The summed E-state index contributed by atoms with van der Waals surface area (Å²) >= 11 is 5.99. The fourth-order valence-electron chi connectivity index (χ4n) is 2.88. The van der Waals surface area contributed by atoms with E-state index in [-0.39, 0.29) is 5.56 Å². The van der Waals surface area contributed by atoms with Gasteiger partial charge in [-0.1, -0.05) is 60.1 Å². The molecule has 26 heavy (non-hydrogen) atoms. The Labute approximate surface area is 155 Å². The molecule has 1 aromatic heterocycles. The molecule has 0 unspecified atom stereocenters. The molecule has 0 bridgehead atoms. The summed E-state index contributed by atoms with van der Waals surface area (Å²) in [7, 11) is 0. The predicted molar refractivity (Wildman–Crippen MR) is 108 cm³/mol. The third-order valence-electron chi connectivity index (χ3n) is 4.22. The van der Waals surface area contributed by atoms with Crippen LogP contribution in [0.15, 0.2) is 83.9 Å². The van der Waals surface area contributed by atoms with Crippen molar-refractivity contribution in [1.29, 1.82) is 0 Å². The third-order valence-corrected chi connectivity index (χ3v) is 4.47. The highest BCUT2D eigenvalue weighted by atomic mass is 35.5. The molecular formula is C22H15ClN2O. The minimum atomic E-state index is -0.0872. The average molecular weight is 359 g/mol. The van der Waals surface area contributed by atoms with Crippen LogP contribution in [0.3, 0.4) is 0 Å². The number of aromatic nitrogens is 2. The second-order valence-corrected chi connectivity index (χ2v) is 6.32. The van der Waals surface area contributed by atoms with Crippen LogP contribution in [-0.4, -0.2) is 9.55 Å². The maximum absolute atomic E-state index is 12.6. The van der Waals surface area contributed by atoms with Gasteiger partial charge in [0.25, 0.3) is 5.56 Å². The van der Waals surface area contributed by atoms with E-state index < -0.39 is 0 Å². The van der Waals surface area contributed by atoms with Crippen LogP contribution in [-0.2, 0) is 0 Å². The lowest BCUT2D eigenvalue weighted by Crippen LogP contribution is -2.15. The maximum Gasteiger partial charge on any atom is 0.265 e. The summed E-state index contributed by atoms with van der Waals surface area (Å²) in [6.45, 7) is 0. The molecule has 0 atom stereocenters. The molecule has 0 aliphatic heterocycles. The molecule has 0 spiro atoms. The molecule has 4 rings (SSSR count). The fourth-order valence-corrected chi connectivity index (χ4v) is 3.01. The number of rotatable bonds is 3. The van der Waals surface area contributed by atoms with Gasteiger partial charge in [-0.3, -0.25) is 9.36 Å². The van der Waals surface area contributed by atoms with Gasteiger partial charge in [0.05, 0.1) is 10.9 Å². The number of halogens is 1. The lowest BCUT2D eigenvalue weighted by atomic mass is 10.00. The SMILES string of the molecule is O=c1c2ccccc2ncn1C=Cc1ccccc1-c1ccc(Cl)cc1. The fraction of sp³-hybridized carbons (Fsp3) is 0. The molecule has 0 N–H and O–H groups in total. The zero-order chi connectivity index (χ0) is 17.9. The van der Waals surface area contributed by atoms with Crippen molar-refractivity contribution in [2.45, 2.75) is 0 Å². The van der Waals surface area contributed by atoms with Crippen LogP contribution in [0, 0.1) is 0 Å². The van der Waals surface area contributed by atoms with Gasteiger partial charge >= 0.3 is 0 Å². The van der Waals surface area contributed by atoms with Gasteiger partial charge in [-0.2, -0.15) is 0 Å². The number of nitrogens with zero attached hydrogens (tertiary/aromatic N) is 2. The maximum atomic E-state index is 12.6. The van der Waals surface area contributed by atoms with E-state index in [2.05, 4.69) is 4.98 Å². The zero-order valence-electron chi connectivity index (χ0n) is 13.8. The Hall–Kier alpha value is -3.17. The van der Waals surface area contributed by atoms with Crippen LogP contribution in [0.1, 0.15) is 5.56 Å². The van der Waals surface area contributed by atoms with E-state index in [0.29, 0.717) is 15.9 Å². The van der Waals surface area contributed by atoms with Crippen molar-refractivity contribution in [2.75, 3.05) is 0 Å². The minimum Gasteiger partial charge on any atom is -0.274 e. The zero-order valence-corrected chi connectivity index (χ0v) is 14.6. The molecule has 126 valence electrons. The van der Waals surface area contributed by atoms with Crippen molar-refractivity contribution in [3.63, 3.8) is 0 Å². The first-order valence-corrected chi connectivity index (χ1v) is 8.59. The van der Waals surface area contributed by atoms with E-state index in [4.69, 9.17) is 11.6 Å². The van der Waals surface area contributed by atoms with E-state index in [1.807, 2.05) is 72.8 Å². The van der Waals surface area contributed by atoms with Gasteiger partial charge in [0.2, 0.25) is 0 Å². The molecular weight excluding hydrogens is 344 g/mol. The van der Waals surface area contributed by atoms with E-state index in [1.165, 1.54) is 4.57 Å². The molecule has 3 aromatic carbocycles. The lowest BCUT2D eigenvalue weighted by Gasteiger charge is -2.07. The monoisotopic (exact) mass is 358 g/mol. The Morgan fingerprint density at radius 3 is 2.46 bits per heavy atom. The smallest absolute Gasteiger partial charge is 0.265 e. The standard InChI is InChI=1S/C22H15ClN2O/c23-18-11-9-17(10-12-18)19-6-2-1-5-16(19)13-14-25-15-24-21-8-4-3-7-20(21)22(25)26/h1-15H. The van der Waals surface area contributed by atoms with Crippen LogP contribution in [0.25, 0.3) is 34.3 Å². The Bertz CT molecular complexity index is 1160.